The van der Waals surface area contributed by atoms with Crippen molar-refractivity contribution in [1.29, 1.82) is 5.26 Å². The number of hydrogen-bond acceptors (Lipinski definition) is 4. The summed E-state index contributed by atoms with van der Waals surface area (Å²) in [6.07, 6.45) is 0.946. The summed E-state index contributed by atoms with van der Waals surface area (Å²) in [5.41, 5.74) is 0. The number of nitrogens with one attached hydrogen (secondary N) is 1. The van der Waals surface area contributed by atoms with Crippen LogP contribution in [-0.2, 0) is 6.42 Å². The molecule has 2 heterocycles. The molecule has 90 valence electrons. The van der Waals surface area contributed by atoms with E-state index in [1.165, 1.54) is 16.2 Å². The Morgan fingerprint density at radius 2 is 2.53 bits per heavy atom. The molecule has 1 atom stereocenters. The molecule has 1 aliphatic rings. The lowest BCUT2D eigenvalue weighted by atomic mass is 10.2. The van der Waals surface area contributed by atoms with E-state index in [1.807, 2.05) is 12.1 Å². The van der Waals surface area contributed by atoms with Crippen molar-refractivity contribution in [3.8, 4) is 6.07 Å². The second-order valence-electron chi connectivity index (χ2n) is 3.97. The molecule has 5 heteroatoms. The summed E-state index contributed by atoms with van der Waals surface area (Å²) >= 11 is 1.53. The standard InChI is InChI=1S/C12H15N3OS/c1-2-10-3-4-11(17-10)12(16)15-6-5-14-8-9(15)7-13/h3-4,9,14H,2,5-6,8H2,1H3. The topological polar surface area (TPSA) is 56.1 Å². The monoisotopic (exact) mass is 249 g/mol. The molecule has 1 unspecified atom stereocenters. The molecule has 0 aliphatic carbocycles. The maximum Gasteiger partial charge on any atom is 0.265 e. The molecule has 17 heavy (non-hydrogen) atoms. The van der Waals surface area contributed by atoms with Gasteiger partial charge < -0.3 is 10.2 Å². The summed E-state index contributed by atoms with van der Waals surface area (Å²) < 4.78 is 0. The van der Waals surface area contributed by atoms with Crippen molar-refractivity contribution >= 4 is 17.2 Å². The maximum atomic E-state index is 12.3. The number of nitrogens with zero attached hydrogens (tertiary/aromatic N) is 2. The van der Waals surface area contributed by atoms with E-state index in [0.29, 0.717) is 13.1 Å². The van der Waals surface area contributed by atoms with Crippen LogP contribution in [0.3, 0.4) is 0 Å². The fraction of sp³-hybridized carbons (Fsp3) is 0.500. The van der Waals surface area contributed by atoms with Crippen LogP contribution in [0.4, 0.5) is 0 Å². The first-order valence-electron chi connectivity index (χ1n) is 5.76. The molecule has 4 nitrogen and oxygen atoms in total. The third kappa shape index (κ3) is 2.48. The van der Waals surface area contributed by atoms with E-state index in [4.69, 9.17) is 5.26 Å². The Morgan fingerprint density at radius 3 is 3.18 bits per heavy atom. The molecule has 0 aromatic carbocycles. The SMILES string of the molecule is CCc1ccc(C(=O)N2CCNCC2C#N)s1. The van der Waals surface area contributed by atoms with Crippen LogP contribution in [0.25, 0.3) is 0 Å². The average molecular weight is 249 g/mol. The highest BCUT2D eigenvalue weighted by molar-refractivity contribution is 7.14. The van der Waals surface area contributed by atoms with Gasteiger partial charge in [0, 0.05) is 24.5 Å². The smallest absolute Gasteiger partial charge is 0.265 e. The first-order valence-corrected chi connectivity index (χ1v) is 6.58. The molecule has 2 rings (SSSR count). The van der Waals surface area contributed by atoms with E-state index < -0.39 is 0 Å². The molecule has 1 amide bonds. The zero-order chi connectivity index (χ0) is 12.3. The Hall–Kier alpha value is -1.38. The number of carbonyl (C=O) groups excluding carboxylic acids is 1. The number of nitriles is 1. The normalized spacial score (nSPS) is 20.0. The number of carbonyl (C=O) groups is 1. The molecular weight excluding hydrogens is 234 g/mol. The Balaban J connectivity index is 2.15. The van der Waals surface area contributed by atoms with Gasteiger partial charge in [-0.3, -0.25) is 4.79 Å². The zero-order valence-corrected chi connectivity index (χ0v) is 10.6. The Morgan fingerprint density at radius 1 is 1.71 bits per heavy atom. The van der Waals surface area contributed by atoms with Crippen molar-refractivity contribution in [2.75, 3.05) is 19.6 Å². The first kappa shape index (κ1) is 12.1. The van der Waals surface area contributed by atoms with Crippen molar-refractivity contribution < 1.29 is 4.79 Å². The van der Waals surface area contributed by atoms with Gasteiger partial charge in [0.15, 0.2) is 0 Å². The summed E-state index contributed by atoms with van der Waals surface area (Å²) in [5, 5.41) is 12.2. The average Bonchev–Trinajstić information content (AvgIpc) is 2.86. The predicted molar refractivity (Wildman–Crippen MR) is 67.0 cm³/mol. The molecule has 0 spiro atoms. The molecule has 0 bridgehead atoms. The van der Waals surface area contributed by atoms with Crippen molar-refractivity contribution in [3.63, 3.8) is 0 Å². The largest absolute Gasteiger partial charge is 0.319 e. The molecule has 1 aromatic heterocycles. The Bertz CT molecular complexity index is 449. The van der Waals surface area contributed by atoms with Crippen LogP contribution >= 0.6 is 11.3 Å². The van der Waals surface area contributed by atoms with Gasteiger partial charge in [-0.15, -0.1) is 11.3 Å². The van der Waals surface area contributed by atoms with Crippen molar-refractivity contribution in [2.45, 2.75) is 19.4 Å². The lowest BCUT2D eigenvalue weighted by Crippen LogP contribution is -2.52. The number of amides is 1. The summed E-state index contributed by atoms with van der Waals surface area (Å²) in [6.45, 7) is 4.00. The Labute approximate surface area is 105 Å². The number of thiophene rings is 1. The predicted octanol–water partition coefficient (Wildman–Crippen LogP) is 1.25. The maximum absolute atomic E-state index is 12.3. The molecular formula is C12H15N3OS. The van der Waals surface area contributed by atoms with Gasteiger partial charge in [-0.2, -0.15) is 5.26 Å². The summed E-state index contributed by atoms with van der Waals surface area (Å²) in [6, 6.07) is 5.68. The summed E-state index contributed by atoms with van der Waals surface area (Å²) in [4.78, 5) is 15.9. The highest BCUT2D eigenvalue weighted by atomic mass is 32.1. The van der Waals surface area contributed by atoms with Gasteiger partial charge in [0.05, 0.1) is 10.9 Å². The molecule has 1 aliphatic heterocycles. The van der Waals surface area contributed by atoms with Gasteiger partial charge in [-0.25, -0.2) is 0 Å². The van der Waals surface area contributed by atoms with Gasteiger partial charge in [0.2, 0.25) is 0 Å². The number of hydrogen-bond donors (Lipinski definition) is 1. The highest BCUT2D eigenvalue weighted by Crippen LogP contribution is 2.20. The minimum absolute atomic E-state index is 0.0113. The van der Waals surface area contributed by atoms with Crippen LogP contribution < -0.4 is 5.32 Å². The Kier molecular flexibility index (Phi) is 3.77. The van der Waals surface area contributed by atoms with E-state index in [-0.39, 0.29) is 11.9 Å². The van der Waals surface area contributed by atoms with Crippen molar-refractivity contribution in [1.82, 2.24) is 10.2 Å². The quantitative estimate of drug-likeness (QED) is 0.858. The number of piperazine rings is 1. The molecule has 1 saturated heterocycles. The van der Waals surface area contributed by atoms with Crippen molar-refractivity contribution in [3.05, 3.63) is 21.9 Å². The summed E-state index contributed by atoms with van der Waals surface area (Å²) in [7, 11) is 0. The minimum atomic E-state index is -0.344. The van der Waals surface area contributed by atoms with Gasteiger partial charge in [-0.1, -0.05) is 6.92 Å². The van der Waals surface area contributed by atoms with Crippen LogP contribution in [0.5, 0.6) is 0 Å². The van der Waals surface area contributed by atoms with E-state index in [9.17, 15) is 4.79 Å². The lowest BCUT2D eigenvalue weighted by Gasteiger charge is -2.31. The molecule has 1 N–H and O–H groups in total. The third-order valence-corrected chi connectivity index (χ3v) is 4.09. The van der Waals surface area contributed by atoms with E-state index >= 15 is 0 Å². The highest BCUT2D eigenvalue weighted by Gasteiger charge is 2.27. The minimum Gasteiger partial charge on any atom is -0.319 e. The second-order valence-corrected chi connectivity index (χ2v) is 5.14. The van der Waals surface area contributed by atoms with E-state index in [2.05, 4.69) is 18.3 Å². The number of rotatable bonds is 2. The van der Waals surface area contributed by atoms with E-state index in [0.717, 1.165) is 17.8 Å². The second kappa shape index (κ2) is 5.30. The van der Waals surface area contributed by atoms with Gasteiger partial charge in [-0.05, 0) is 18.6 Å². The van der Waals surface area contributed by atoms with E-state index in [1.54, 1.807) is 4.90 Å². The third-order valence-electron chi connectivity index (χ3n) is 2.87. The van der Waals surface area contributed by atoms with Crippen LogP contribution in [0.15, 0.2) is 12.1 Å². The molecule has 0 radical (unpaired) electrons. The summed E-state index contributed by atoms with van der Waals surface area (Å²) in [5.74, 6) is -0.0113. The number of aryl methyl sites for hydroxylation is 1. The van der Waals surface area contributed by atoms with Gasteiger partial charge in [0.1, 0.15) is 6.04 Å². The first-order chi connectivity index (χ1) is 8.26. The van der Waals surface area contributed by atoms with Gasteiger partial charge >= 0.3 is 0 Å². The van der Waals surface area contributed by atoms with Crippen LogP contribution in [0, 0.1) is 11.3 Å². The fourth-order valence-electron chi connectivity index (χ4n) is 1.89. The van der Waals surface area contributed by atoms with Crippen LogP contribution in [0.1, 0.15) is 21.5 Å². The zero-order valence-electron chi connectivity index (χ0n) is 9.77. The molecule has 1 aromatic rings. The molecule has 1 fully saturated rings. The van der Waals surface area contributed by atoms with Crippen molar-refractivity contribution in [2.24, 2.45) is 0 Å². The van der Waals surface area contributed by atoms with Crippen LogP contribution in [-0.4, -0.2) is 36.5 Å². The fourth-order valence-corrected chi connectivity index (χ4v) is 2.79. The van der Waals surface area contributed by atoms with Gasteiger partial charge in [0.25, 0.3) is 5.91 Å². The van der Waals surface area contributed by atoms with Crippen LogP contribution in [0.2, 0.25) is 0 Å². The lowest BCUT2D eigenvalue weighted by molar-refractivity contribution is 0.0692. The molecule has 0 saturated carbocycles.